The second kappa shape index (κ2) is 57.1. The first-order valence-corrected chi connectivity index (χ1v) is 4.81. The highest BCUT2D eigenvalue weighted by Gasteiger charge is 1.48. The van der Waals surface area contributed by atoms with E-state index in [0.717, 1.165) is 0 Å². The van der Waals surface area contributed by atoms with Crippen LogP contribution >= 0.6 is 0 Å². The minimum absolute atomic E-state index is 0.917. The summed E-state index contributed by atoms with van der Waals surface area (Å²) in [6.45, 7) is 0. The summed E-state index contributed by atoms with van der Waals surface area (Å²) in [4.78, 5) is 14.3. The van der Waals surface area contributed by atoms with Gasteiger partial charge < -0.3 is 9.59 Å². The highest BCUT2D eigenvalue weighted by atomic mass is 28.2. The third kappa shape index (κ3) is 135. The highest BCUT2D eigenvalue weighted by molar-refractivity contribution is 6.13. The van der Waals surface area contributed by atoms with Crippen molar-refractivity contribution in [2.75, 3.05) is 0 Å². The van der Waals surface area contributed by atoms with Crippen LogP contribution in [0.25, 0.3) is 0 Å². The van der Waals surface area contributed by atoms with Crippen molar-refractivity contribution < 1.29 is 9.59 Å². The maximum atomic E-state index is 7.15. The maximum absolute atomic E-state index is 7.15. The van der Waals surface area contributed by atoms with Crippen molar-refractivity contribution in [3.63, 3.8) is 0 Å². The van der Waals surface area contributed by atoms with Crippen LogP contribution in [0, 0.1) is 0 Å². The fraction of sp³-hybridized carbons (Fsp3) is 1.00. The lowest BCUT2D eigenvalue weighted by atomic mass is 11.9. The summed E-state index contributed by atoms with van der Waals surface area (Å²) in [7, 11) is -0.917. The van der Waals surface area contributed by atoms with Gasteiger partial charge >= 0.3 is 10.0 Å². The van der Waals surface area contributed by atoms with Gasteiger partial charge in [0.1, 0.15) is 32.6 Å². The zero-order valence-electron chi connectivity index (χ0n) is 4.55. The lowest BCUT2D eigenvalue weighted by Crippen LogP contribution is -1.75. The summed E-state index contributed by atoms with van der Waals surface area (Å²) in [6.07, 6.45) is 0. The van der Waals surface area contributed by atoms with Gasteiger partial charge in [-0.15, -0.1) is 11.6 Å². The topological polar surface area (TPSA) is 40.5 Å². The van der Waals surface area contributed by atoms with Crippen molar-refractivity contribution in [2.45, 2.75) is 11.6 Å². The average Bonchev–Trinajstić information content (AvgIpc) is 1.78. The van der Waals surface area contributed by atoms with Crippen LogP contribution in [0.2, 0.25) is 11.6 Å². The van der Waals surface area contributed by atoms with E-state index in [4.69, 9.17) is 9.59 Å². The molecular formula is C2H8Al2O2Si. The molecule has 2 N–H and O–H groups in total. The number of hydrogen-bond acceptors (Lipinski definition) is 2. The van der Waals surface area contributed by atoms with E-state index >= 15 is 0 Å². The molecule has 0 rings (SSSR count). The fourth-order valence-electron chi connectivity index (χ4n) is 0. The molecule has 0 unspecified atom stereocenters. The molecule has 5 heteroatoms. The Balaban J connectivity index is -0.0000000360. The van der Waals surface area contributed by atoms with E-state index in [9.17, 15) is 0 Å². The molecule has 2 nitrogen and oxygen atoms in total. The van der Waals surface area contributed by atoms with Gasteiger partial charge in [-0.3, -0.25) is 0 Å². The largest absolute Gasteiger partial charge is 0.427 e. The molecule has 0 saturated carbocycles. The Morgan fingerprint density at radius 2 is 1.00 bits per heavy atom. The van der Waals surface area contributed by atoms with Crippen molar-refractivity contribution in [2.24, 2.45) is 0 Å². The summed E-state index contributed by atoms with van der Waals surface area (Å²) in [5.41, 5.74) is 0. The third-order valence-corrected chi connectivity index (χ3v) is 0. The first-order chi connectivity index (χ1) is 3.41. The first kappa shape index (κ1) is 15.7. The van der Waals surface area contributed by atoms with Gasteiger partial charge in [-0.25, -0.2) is 0 Å². The second-order valence-corrected chi connectivity index (χ2v) is 0.300. The summed E-state index contributed by atoms with van der Waals surface area (Å²) >= 11 is 4.83. The van der Waals surface area contributed by atoms with Gasteiger partial charge in [0.2, 0.25) is 0 Å². The quantitative estimate of drug-likeness (QED) is 0.426. The Hall–Kier alpha value is 1.20. The van der Waals surface area contributed by atoms with Crippen LogP contribution in [0.3, 0.4) is 0 Å². The molecule has 0 amide bonds. The SMILES string of the molecule is O[Si]O.[CH3][Al].[CH3][Al]. The van der Waals surface area contributed by atoms with Crippen LogP contribution in [0.5, 0.6) is 0 Å². The molecule has 6 radical (unpaired) electrons. The van der Waals surface area contributed by atoms with Crippen molar-refractivity contribution in [1.29, 1.82) is 0 Å². The van der Waals surface area contributed by atoms with Crippen LogP contribution in [0.1, 0.15) is 0 Å². The molecule has 0 heterocycles. The van der Waals surface area contributed by atoms with Crippen LogP contribution in [-0.2, 0) is 0 Å². The number of rotatable bonds is 0. The zero-order chi connectivity index (χ0) is 6.71. The molecule has 0 aliphatic heterocycles. The molecule has 0 aliphatic rings. The second-order valence-electron chi connectivity index (χ2n) is 0.100. The molecule has 0 atom stereocenters. The van der Waals surface area contributed by atoms with Gasteiger partial charge in [-0.1, -0.05) is 0 Å². The molecule has 0 fully saturated rings. The van der Waals surface area contributed by atoms with E-state index in [-0.39, 0.29) is 0 Å². The van der Waals surface area contributed by atoms with Crippen molar-refractivity contribution in [1.82, 2.24) is 0 Å². The van der Waals surface area contributed by atoms with Crippen LogP contribution < -0.4 is 0 Å². The van der Waals surface area contributed by atoms with Crippen molar-refractivity contribution >= 4 is 42.6 Å². The standard InChI is InChI=1S/2CH3.2Al.H2O2Si/c;;;;1-3-2/h2*1H3;;;1-2H. The lowest BCUT2D eigenvalue weighted by Gasteiger charge is -1.47. The highest BCUT2D eigenvalue weighted by Crippen LogP contribution is 1.08. The smallest absolute Gasteiger partial charge is 0.409 e. The minimum atomic E-state index is -0.917. The molecule has 0 aliphatic carbocycles. The Morgan fingerprint density at radius 3 is 1.00 bits per heavy atom. The monoisotopic (exact) mass is 146 g/mol. The molecule has 0 spiro atoms. The van der Waals surface area contributed by atoms with E-state index in [1.807, 2.05) is 11.6 Å². The zero-order valence-corrected chi connectivity index (χ0v) is 7.86. The molecule has 0 aromatic carbocycles. The van der Waals surface area contributed by atoms with Crippen molar-refractivity contribution in [3.8, 4) is 0 Å². The Labute approximate surface area is 63.8 Å². The van der Waals surface area contributed by atoms with E-state index in [0.29, 0.717) is 0 Å². The van der Waals surface area contributed by atoms with Gasteiger partial charge in [0.25, 0.3) is 0 Å². The minimum Gasteiger partial charge on any atom is -0.409 e. The average molecular weight is 146 g/mol. The van der Waals surface area contributed by atoms with E-state index in [2.05, 4.69) is 32.6 Å². The number of hydrogen-bond donors (Lipinski definition) is 2. The molecule has 7 heavy (non-hydrogen) atoms. The lowest BCUT2D eigenvalue weighted by molar-refractivity contribution is 0.448. The molecular weight excluding hydrogens is 138 g/mol. The third-order valence-electron chi connectivity index (χ3n) is 0. The summed E-state index contributed by atoms with van der Waals surface area (Å²) in [5, 5.41) is 0. The van der Waals surface area contributed by atoms with E-state index < -0.39 is 10.0 Å². The molecule has 0 saturated heterocycles. The van der Waals surface area contributed by atoms with Gasteiger partial charge in [-0.2, -0.15) is 0 Å². The van der Waals surface area contributed by atoms with Gasteiger partial charge in [0.15, 0.2) is 0 Å². The molecule has 0 aromatic heterocycles. The summed E-state index contributed by atoms with van der Waals surface area (Å²) in [5.74, 6) is 3.83. The summed E-state index contributed by atoms with van der Waals surface area (Å²) in [6, 6.07) is 0. The van der Waals surface area contributed by atoms with Gasteiger partial charge in [-0.05, 0) is 0 Å². The van der Waals surface area contributed by atoms with Gasteiger partial charge in [0, 0.05) is 0 Å². The van der Waals surface area contributed by atoms with E-state index in [1.54, 1.807) is 0 Å². The first-order valence-electron chi connectivity index (χ1n) is 1.60. The fourth-order valence-corrected chi connectivity index (χ4v) is 0. The van der Waals surface area contributed by atoms with Gasteiger partial charge in [0.05, 0.1) is 0 Å². The van der Waals surface area contributed by atoms with Crippen LogP contribution in [-0.4, -0.2) is 52.2 Å². The molecule has 0 aromatic rings. The van der Waals surface area contributed by atoms with Crippen molar-refractivity contribution in [3.05, 3.63) is 0 Å². The van der Waals surface area contributed by atoms with Crippen LogP contribution in [0.4, 0.5) is 0 Å². The summed E-state index contributed by atoms with van der Waals surface area (Å²) < 4.78 is 0. The Bertz CT molecular complexity index is 13.7. The van der Waals surface area contributed by atoms with Crippen LogP contribution in [0.15, 0.2) is 0 Å². The predicted octanol–water partition coefficient (Wildman–Crippen LogP) is -1.09. The normalized spacial score (nSPS) is 4.00. The molecule has 38 valence electrons. The van der Waals surface area contributed by atoms with E-state index in [1.165, 1.54) is 0 Å². The maximum Gasteiger partial charge on any atom is 0.427 e. The Kier molecular flexibility index (Phi) is 128. The molecule has 0 bridgehead atoms. The Morgan fingerprint density at radius 1 is 1.00 bits per heavy atom. The predicted molar refractivity (Wildman–Crippen MR) is 33.4 cm³/mol.